The minimum absolute atomic E-state index is 0.00171. The summed E-state index contributed by atoms with van der Waals surface area (Å²) in [6.45, 7) is 8.29. The Morgan fingerprint density at radius 2 is 2.15 bits per heavy atom. The van der Waals surface area contributed by atoms with Crippen molar-refractivity contribution >= 4 is 20.4 Å². The van der Waals surface area contributed by atoms with E-state index in [2.05, 4.69) is 33.6 Å². The average molecular weight is 373 g/mol. The molecule has 0 aliphatic carbocycles. The fourth-order valence-electron chi connectivity index (χ4n) is 3.80. The van der Waals surface area contributed by atoms with E-state index in [0.29, 0.717) is 8.58 Å². The lowest BCUT2D eigenvalue weighted by Crippen LogP contribution is -2.57. The Kier molecular flexibility index (Phi) is 4.27. The molecular weight excluding hydrogens is 349 g/mol. The van der Waals surface area contributed by atoms with Gasteiger partial charge in [-0.2, -0.15) is 0 Å². The van der Waals surface area contributed by atoms with Gasteiger partial charge in [0.25, 0.3) is 5.91 Å². The van der Waals surface area contributed by atoms with Gasteiger partial charge in [0.1, 0.15) is 6.17 Å². The molecule has 138 valence electrons. The molecule has 2 amide bonds. The number of hydrogen-bond acceptors (Lipinski definition) is 5. The highest BCUT2D eigenvalue weighted by molar-refractivity contribution is 7.44. The molecule has 0 aromatic heterocycles. The minimum Gasteiger partial charge on any atom is -0.370 e. The zero-order valence-electron chi connectivity index (χ0n) is 15.0. The molecule has 0 saturated carbocycles. The summed E-state index contributed by atoms with van der Waals surface area (Å²) >= 11 is 0. The van der Waals surface area contributed by atoms with Gasteiger partial charge < -0.3 is 25.8 Å². The van der Waals surface area contributed by atoms with E-state index in [1.165, 1.54) is 11.5 Å². The third-order valence-corrected chi connectivity index (χ3v) is 6.71. The average Bonchev–Trinajstić information content (AvgIpc) is 3.04. The van der Waals surface area contributed by atoms with Crippen LogP contribution in [0.25, 0.3) is 0 Å². The smallest absolute Gasteiger partial charge is 0.250 e. The van der Waals surface area contributed by atoms with Gasteiger partial charge >= 0.3 is 0 Å². The molecule has 8 heteroatoms. The highest BCUT2D eigenvalue weighted by atomic mass is 31.1. The number of carbonyl (C=O) groups excluding carboxylic acids is 2. The van der Waals surface area contributed by atoms with Gasteiger partial charge in [-0.1, -0.05) is 15.2 Å². The molecule has 26 heavy (non-hydrogen) atoms. The fraction of sp³-hybridized carbons (Fsp3) is 0.444. The van der Waals surface area contributed by atoms with Crippen LogP contribution in [0, 0.1) is 0 Å². The van der Waals surface area contributed by atoms with Crippen molar-refractivity contribution in [1.82, 2.24) is 25.8 Å². The molecule has 5 heterocycles. The Balaban J connectivity index is 1.47. The fourth-order valence-corrected chi connectivity index (χ4v) is 5.34. The van der Waals surface area contributed by atoms with Crippen LogP contribution in [0.15, 0.2) is 48.0 Å². The van der Waals surface area contributed by atoms with Gasteiger partial charge in [0.2, 0.25) is 5.91 Å². The lowest BCUT2D eigenvalue weighted by molar-refractivity contribution is -0.130. The van der Waals surface area contributed by atoms with E-state index in [9.17, 15) is 9.59 Å². The van der Waals surface area contributed by atoms with Crippen LogP contribution < -0.4 is 16.0 Å². The van der Waals surface area contributed by atoms with Crippen LogP contribution >= 0.6 is 8.58 Å². The van der Waals surface area contributed by atoms with Crippen LogP contribution in [-0.2, 0) is 9.59 Å². The highest BCUT2D eigenvalue weighted by Crippen LogP contribution is 2.45. The van der Waals surface area contributed by atoms with Crippen LogP contribution in [0.3, 0.4) is 0 Å². The van der Waals surface area contributed by atoms with Crippen molar-refractivity contribution in [3.8, 4) is 0 Å². The second-order valence-electron chi connectivity index (χ2n) is 7.23. The number of carbonyl (C=O) groups is 2. The van der Waals surface area contributed by atoms with Crippen LogP contribution in [0.5, 0.6) is 0 Å². The number of rotatable bonds is 4. The SMILES string of the molecule is C=CC(=O)N1C2=CN(C3=CNC4NC=C(C(=O)NC(C)C)C4P3)CC1C2. The Morgan fingerprint density at radius 3 is 2.81 bits per heavy atom. The third kappa shape index (κ3) is 2.80. The molecule has 0 spiro atoms. The van der Waals surface area contributed by atoms with E-state index in [0.717, 1.165) is 24.2 Å². The molecule has 4 atom stereocenters. The summed E-state index contributed by atoms with van der Waals surface area (Å²) in [6.07, 6.45) is 8.30. The standard InChI is InChI=1S/C18H24N5O2P/c1-4-14(24)23-11-5-12(23)9-22(8-11)15-7-20-17-16(26-15)13(6-19-17)18(25)21-10(2)3/h4,6-8,10,12,16-17,19-20,26H,1,5,9H2,2-3H3,(H,21,25). The Bertz CT molecular complexity index is 757. The summed E-state index contributed by atoms with van der Waals surface area (Å²) in [5.41, 5.74) is 3.14. The van der Waals surface area contributed by atoms with Crippen molar-refractivity contribution in [2.24, 2.45) is 0 Å². The number of nitrogens with zero attached hydrogens (tertiary/aromatic N) is 2. The van der Waals surface area contributed by atoms with Crippen molar-refractivity contribution in [2.45, 2.75) is 44.2 Å². The van der Waals surface area contributed by atoms with Crippen molar-refractivity contribution in [1.29, 1.82) is 0 Å². The quantitative estimate of drug-likeness (QED) is 0.500. The molecule has 5 rings (SSSR count). The predicted molar refractivity (Wildman–Crippen MR) is 102 cm³/mol. The number of amides is 2. The summed E-state index contributed by atoms with van der Waals surface area (Å²) in [5.74, 6) is -0.0286. The first-order chi connectivity index (χ1) is 12.5. The second kappa shape index (κ2) is 6.47. The van der Waals surface area contributed by atoms with Gasteiger partial charge in [-0.25, -0.2) is 0 Å². The molecule has 0 radical (unpaired) electrons. The van der Waals surface area contributed by atoms with Crippen LogP contribution in [0.1, 0.15) is 20.3 Å². The first-order valence-corrected chi connectivity index (χ1v) is 9.98. The van der Waals surface area contributed by atoms with E-state index in [1.54, 1.807) is 0 Å². The molecule has 5 aliphatic rings. The topological polar surface area (TPSA) is 76.7 Å². The number of fused-ring (bicyclic) bond motifs is 3. The first-order valence-electron chi connectivity index (χ1n) is 8.90. The van der Waals surface area contributed by atoms with Crippen LogP contribution in [0.2, 0.25) is 0 Å². The monoisotopic (exact) mass is 373 g/mol. The Hall–Kier alpha value is -2.27. The summed E-state index contributed by atoms with van der Waals surface area (Å²) < 4.78 is 0. The molecule has 0 aromatic carbocycles. The summed E-state index contributed by atoms with van der Waals surface area (Å²) in [7, 11) is 0.489. The van der Waals surface area contributed by atoms with Gasteiger partial charge in [0.15, 0.2) is 0 Å². The predicted octanol–water partition coefficient (Wildman–Crippen LogP) is 0.717. The van der Waals surface area contributed by atoms with Gasteiger partial charge in [-0.3, -0.25) is 9.59 Å². The molecule has 1 fully saturated rings. The van der Waals surface area contributed by atoms with Gasteiger partial charge in [0.05, 0.1) is 17.1 Å². The normalized spacial score (nSPS) is 29.7. The Labute approximate surface area is 155 Å². The molecular formula is C18H24N5O2P. The summed E-state index contributed by atoms with van der Waals surface area (Å²) in [4.78, 5) is 28.4. The second-order valence-corrected chi connectivity index (χ2v) is 8.66. The van der Waals surface area contributed by atoms with Crippen molar-refractivity contribution in [3.63, 3.8) is 0 Å². The summed E-state index contributed by atoms with van der Waals surface area (Å²) in [5, 5.41) is 9.62. The minimum atomic E-state index is -0.0269. The van der Waals surface area contributed by atoms with Crippen molar-refractivity contribution < 1.29 is 9.59 Å². The van der Waals surface area contributed by atoms with Gasteiger partial charge in [-0.05, 0) is 19.9 Å². The van der Waals surface area contributed by atoms with E-state index < -0.39 is 0 Å². The maximum absolute atomic E-state index is 12.5. The zero-order valence-corrected chi connectivity index (χ0v) is 16.0. The van der Waals surface area contributed by atoms with E-state index >= 15 is 0 Å². The molecule has 4 unspecified atom stereocenters. The van der Waals surface area contributed by atoms with E-state index in [4.69, 9.17) is 0 Å². The highest BCUT2D eigenvalue weighted by Gasteiger charge is 2.43. The molecule has 3 N–H and O–H groups in total. The van der Waals surface area contributed by atoms with Crippen molar-refractivity contribution in [3.05, 3.63) is 48.0 Å². The Morgan fingerprint density at radius 1 is 1.38 bits per heavy atom. The van der Waals surface area contributed by atoms with Crippen molar-refractivity contribution in [2.75, 3.05) is 6.54 Å². The number of nitrogens with one attached hydrogen (secondary N) is 3. The first kappa shape index (κ1) is 17.2. The third-order valence-electron chi connectivity index (χ3n) is 5.02. The molecule has 1 saturated heterocycles. The molecule has 2 bridgehead atoms. The zero-order chi connectivity index (χ0) is 18.4. The van der Waals surface area contributed by atoms with Gasteiger partial charge in [-0.15, -0.1) is 0 Å². The molecule has 5 aliphatic heterocycles. The molecule has 7 nitrogen and oxygen atoms in total. The van der Waals surface area contributed by atoms with Gasteiger partial charge in [0, 0.05) is 48.9 Å². The van der Waals surface area contributed by atoms with Crippen LogP contribution in [0.4, 0.5) is 0 Å². The maximum atomic E-state index is 12.5. The maximum Gasteiger partial charge on any atom is 0.250 e. The van der Waals surface area contributed by atoms with Crippen LogP contribution in [-0.4, -0.2) is 52.1 Å². The lowest BCUT2D eigenvalue weighted by Gasteiger charge is -2.50. The summed E-state index contributed by atoms with van der Waals surface area (Å²) in [6, 6.07) is 0.328. The van der Waals surface area contributed by atoms with E-state index in [1.807, 2.05) is 31.1 Å². The largest absolute Gasteiger partial charge is 0.370 e. The van der Waals surface area contributed by atoms with E-state index in [-0.39, 0.29) is 35.7 Å². The number of hydrogen-bond donors (Lipinski definition) is 3. The lowest BCUT2D eigenvalue weighted by atomic mass is 9.94. The molecule has 0 aromatic rings.